The van der Waals surface area contributed by atoms with Gasteiger partial charge in [-0.3, -0.25) is 19.4 Å². The lowest BCUT2D eigenvalue weighted by molar-refractivity contribution is -0.157. The first kappa shape index (κ1) is 25.6. The zero-order valence-electron chi connectivity index (χ0n) is 19.9. The molecule has 1 amide bonds. The van der Waals surface area contributed by atoms with Gasteiger partial charge < -0.3 is 15.3 Å². The molecule has 1 aliphatic heterocycles. The Kier molecular flexibility index (Phi) is 9.33. The van der Waals surface area contributed by atoms with Crippen molar-refractivity contribution in [3.05, 3.63) is 66.0 Å². The molecule has 1 fully saturated rings. The van der Waals surface area contributed by atoms with Gasteiger partial charge in [-0.1, -0.05) is 37.3 Å². The Morgan fingerprint density at radius 2 is 1.82 bits per heavy atom. The molecule has 34 heavy (non-hydrogen) atoms. The number of pyridine rings is 1. The highest BCUT2D eigenvalue weighted by Crippen LogP contribution is 2.29. The second-order valence-electron chi connectivity index (χ2n) is 9.07. The number of nitrogens with zero attached hydrogens (tertiary/aromatic N) is 2. The minimum atomic E-state index is -1.57. The molecule has 2 aromatic rings. The number of hydrogen-bond donors (Lipinski definition) is 2. The van der Waals surface area contributed by atoms with E-state index in [-0.39, 0.29) is 31.3 Å². The summed E-state index contributed by atoms with van der Waals surface area (Å²) in [5.74, 6) is -1.72. The van der Waals surface area contributed by atoms with Crippen LogP contribution in [-0.2, 0) is 27.2 Å². The fourth-order valence-electron chi connectivity index (χ4n) is 4.63. The number of carboxylic acid groups (broad SMARTS) is 1. The van der Waals surface area contributed by atoms with E-state index in [1.54, 1.807) is 17.3 Å². The molecule has 182 valence electrons. The third kappa shape index (κ3) is 6.50. The Morgan fingerprint density at radius 3 is 2.50 bits per heavy atom. The summed E-state index contributed by atoms with van der Waals surface area (Å²) >= 11 is 0. The van der Waals surface area contributed by atoms with Gasteiger partial charge in [0.2, 0.25) is 5.91 Å². The maximum absolute atomic E-state index is 13.5. The van der Waals surface area contributed by atoms with Crippen molar-refractivity contribution in [1.29, 1.82) is 0 Å². The highest BCUT2D eigenvalue weighted by molar-refractivity contribution is 6.05. The monoisotopic (exact) mass is 465 g/mol. The number of hydrogen-bond acceptors (Lipinski definition) is 5. The first-order chi connectivity index (χ1) is 16.5. The van der Waals surface area contributed by atoms with Gasteiger partial charge in [0, 0.05) is 31.4 Å². The van der Waals surface area contributed by atoms with E-state index >= 15 is 0 Å². The summed E-state index contributed by atoms with van der Waals surface area (Å²) in [5, 5.41) is 13.3. The van der Waals surface area contributed by atoms with Gasteiger partial charge in [-0.25, -0.2) is 0 Å². The van der Waals surface area contributed by atoms with Gasteiger partial charge in [0.25, 0.3) is 0 Å². The van der Waals surface area contributed by atoms with Gasteiger partial charge in [-0.2, -0.15) is 0 Å². The lowest BCUT2D eigenvalue weighted by Crippen LogP contribution is -2.53. The Labute approximate surface area is 201 Å². The summed E-state index contributed by atoms with van der Waals surface area (Å²) in [6, 6.07) is 13.5. The Balaban J connectivity index is 1.69. The summed E-state index contributed by atoms with van der Waals surface area (Å²) in [7, 11) is 0. The van der Waals surface area contributed by atoms with Gasteiger partial charge in [-0.15, -0.1) is 0 Å². The maximum Gasteiger partial charge on any atom is 0.318 e. The number of aliphatic carboxylic acids is 1. The van der Waals surface area contributed by atoms with Crippen molar-refractivity contribution in [2.45, 2.75) is 45.4 Å². The Morgan fingerprint density at radius 1 is 1.12 bits per heavy atom. The van der Waals surface area contributed by atoms with Crippen LogP contribution >= 0.6 is 0 Å². The van der Waals surface area contributed by atoms with Crippen LogP contribution < -0.4 is 5.32 Å². The van der Waals surface area contributed by atoms with Gasteiger partial charge in [0.05, 0.1) is 6.54 Å². The molecule has 2 N–H and O–H groups in total. The van der Waals surface area contributed by atoms with E-state index < -0.39 is 17.2 Å². The number of carboxylic acids is 1. The van der Waals surface area contributed by atoms with E-state index in [1.165, 1.54) is 0 Å². The summed E-state index contributed by atoms with van der Waals surface area (Å²) < 4.78 is 0. The van der Waals surface area contributed by atoms with Crippen molar-refractivity contribution in [2.24, 2.45) is 11.3 Å². The Bertz CT molecular complexity index is 951. The molecule has 1 aliphatic rings. The van der Waals surface area contributed by atoms with Gasteiger partial charge >= 0.3 is 5.97 Å². The van der Waals surface area contributed by atoms with E-state index in [4.69, 9.17) is 0 Å². The molecule has 0 aliphatic carbocycles. The molecule has 7 heteroatoms. The molecule has 2 heterocycles. The minimum absolute atomic E-state index is 0.0422. The number of ketones is 1. The third-order valence-corrected chi connectivity index (χ3v) is 6.81. The number of carbonyl (C=O) groups is 3. The van der Waals surface area contributed by atoms with Crippen LogP contribution in [0.4, 0.5) is 0 Å². The fraction of sp³-hybridized carbons (Fsp3) is 0.481. The summed E-state index contributed by atoms with van der Waals surface area (Å²) in [4.78, 5) is 44.8. The molecule has 2 atom stereocenters. The number of carbonyl (C=O) groups excluding carboxylic acids is 2. The second-order valence-corrected chi connectivity index (χ2v) is 9.07. The van der Waals surface area contributed by atoms with Crippen LogP contribution in [0.25, 0.3) is 0 Å². The zero-order valence-corrected chi connectivity index (χ0v) is 19.9. The van der Waals surface area contributed by atoms with Gasteiger partial charge in [0.1, 0.15) is 5.41 Å². The molecule has 3 rings (SSSR count). The molecular weight excluding hydrogens is 430 g/mol. The highest BCUT2D eigenvalue weighted by atomic mass is 16.4. The van der Waals surface area contributed by atoms with Crippen molar-refractivity contribution >= 4 is 17.7 Å². The topological polar surface area (TPSA) is 99.6 Å². The first-order valence-electron chi connectivity index (χ1n) is 12.2. The SMILES string of the molecule is CCNC[C@@](CCc1ccccc1)(C(=O)O)C(=O)CN1CCC[C@@H](CCc2ccncc2)C1=O. The van der Waals surface area contributed by atoms with Crippen LogP contribution in [0.3, 0.4) is 0 Å². The average Bonchev–Trinajstić information content (AvgIpc) is 2.86. The van der Waals surface area contributed by atoms with E-state index in [0.29, 0.717) is 25.9 Å². The predicted octanol–water partition coefficient (Wildman–Crippen LogP) is 3.14. The molecule has 1 aromatic carbocycles. The number of aromatic nitrogens is 1. The summed E-state index contributed by atoms with van der Waals surface area (Å²) in [5.41, 5.74) is 0.547. The number of nitrogens with one attached hydrogen (secondary N) is 1. The van der Waals surface area contributed by atoms with Crippen LogP contribution in [0.5, 0.6) is 0 Å². The van der Waals surface area contributed by atoms with Crippen LogP contribution in [0.15, 0.2) is 54.9 Å². The van der Waals surface area contributed by atoms with E-state index in [9.17, 15) is 19.5 Å². The maximum atomic E-state index is 13.5. The molecular formula is C27H35N3O4. The summed E-state index contributed by atoms with van der Waals surface area (Å²) in [6.07, 6.45) is 7.25. The normalized spacial score (nSPS) is 17.9. The largest absolute Gasteiger partial charge is 0.480 e. The van der Waals surface area contributed by atoms with E-state index in [1.807, 2.05) is 49.4 Å². The molecule has 0 bridgehead atoms. The number of aryl methyl sites for hydroxylation is 2. The average molecular weight is 466 g/mol. The predicted molar refractivity (Wildman–Crippen MR) is 130 cm³/mol. The number of Topliss-reactive ketones (excluding diaryl/α,β-unsaturated/α-hetero) is 1. The Hall–Kier alpha value is -3.06. The zero-order chi connectivity index (χ0) is 24.4. The summed E-state index contributed by atoms with van der Waals surface area (Å²) in [6.45, 7) is 2.84. The standard InChI is InChI=1S/C27H35N3O4/c1-2-28-20-27(26(33)34,15-12-21-7-4-3-5-8-21)24(31)19-30-18-6-9-23(25(30)32)11-10-22-13-16-29-17-14-22/h3-5,7-8,13-14,16-17,23,28H,2,6,9-12,15,18-20H2,1H3,(H,33,34)/t23-,27+/m0/s1. The molecule has 7 nitrogen and oxygen atoms in total. The lowest BCUT2D eigenvalue weighted by atomic mass is 9.77. The van der Waals surface area contributed by atoms with Crippen LogP contribution in [0, 0.1) is 11.3 Å². The third-order valence-electron chi connectivity index (χ3n) is 6.81. The smallest absolute Gasteiger partial charge is 0.318 e. The number of rotatable bonds is 13. The van der Waals surface area contributed by atoms with E-state index in [0.717, 1.165) is 30.4 Å². The van der Waals surface area contributed by atoms with Crippen molar-refractivity contribution in [1.82, 2.24) is 15.2 Å². The molecule has 0 radical (unpaired) electrons. The molecule has 1 aromatic heterocycles. The van der Waals surface area contributed by atoms with Gasteiger partial charge in [-0.05, 0) is 68.3 Å². The first-order valence-corrected chi connectivity index (χ1v) is 12.2. The van der Waals surface area contributed by atoms with Crippen LogP contribution in [0.2, 0.25) is 0 Å². The van der Waals surface area contributed by atoms with Gasteiger partial charge in [0.15, 0.2) is 5.78 Å². The van der Waals surface area contributed by atoms with Crippen molar-refractivity contribution < 1.29 is 19.5 Å². The fourth-order valence-corrected chi connectivity index (χ4v) is 4.63. The molecule has 0 unspecified atom stereocenters. The molecule has 1 saturated heterocycles. The number of piperidine rings is 1. The molecule has 0 saturated carbocycles. The van der Waals surface area contributed by atoms with Crippen molar-refractivity contribution in [3.8, 4) is 0 Å². The number of amides is 1. The second kappa shape index (κ2) is 12.4. The van der Waals surface area contributed by atoms with Crippen LogP contribution in [-0.4, -0.2) is 58.8 Å². The van der Waals surface area contributed by atoms with Crippen molar-refractivity contribution in [2.75, 3.05) is 26.2 Å². The minimum Gasteiger partial charge on any atom is -0.480 e. The lowest BCUT2D eigenvalue weighted by Gasteiger charge is -2.35. The number of likely N-dealkylation sites (tertiary alicyclic amines) is 1. The van der Waals surface area contributed by atoms with E-state index in [2.05, 4.69) is 10.3 Å². The van der Waals surface area contributed by atoms with Crippen LogP contribution in [0.1, 0.15) is 43.7 Å². The number of benzene rings is 1. The van der Waals surface area contributed by atoms with Crippen molar-refractivity contribution in [3.63, 3.8) is 0 Å². The quantitative estimate of drug-likeness (QED) is 0.441. The molecule has 0 spiro atoms. The highest BCUT2D eigenvalue weighted by Gasteiger charge is 2.46.